The lowest BCUT2D eigenvalue weighted by molar-refractivity contribution is -0.119. The number of nitrogens with one attached hydrogen (secondary N) is 2. The van der Waals surface area contributed by atoms with Gasteiger partial charge in [-0.1, -0.05) is 30.3 Å². The van der Waals surface area contributed by atoms with Crippen molar-refractivity contribution in [3.8, 4) is 0 Å². The number of aromatic nitrogens is 2. The molecule has 1 aliphatic heterocycles. The van der Waals surface area contributed by atoms with Crippen LogP contribution < -0.4 is 10.6 Å². The first-order valence-electron chi connectivity index (χ1n) is 13.2. The average molecular weight is 523 g/mol. The van der Waals surface area contributed by atoms with E-state index >= 15 is 0 Å². The van der Waals surface area contributed by atoms with E-state index in [1.165, 1.54) is 12.7 Å². The maximum Gasteiger partial charge on any atom is 0.356 e. The van der Waals surface area contributed by atoms with Crippen LogP contribution in [-0.2, 0) is 27.2 Å². The molecular formula is C29H38N4O5. The molecule has 3 heterocycles. The fourth-order valence-corrected chi connectivity index (χ4v) is 5.09. The summed E-state index contributed by atoms with van der Waals surface area (Å²) < 4.78 is 12.4. The van der Waals surface area contributed by atoms with Crippen molar-refractivity contribution in [1.29, 1.82) is 0 Å². The Kier molecular flexibility index (Phi) is 8.69. The number of esters is 1. The zero-order valence-corrected chi connectivity index (χ0v) is 22.6. The molecule has 2 aromatic heterocycles. The van der Waals surface area contributed by atoms with Crippen LogP contribution in [0, 0.1) is 5.92 Å². The number of hydrogen-bond donors (Lipinski definition) is 3. The third-order valence-corrected chi connectivity index (χ3v) is 6.73. The summed E-state index contributed by atoms with van der Waals surface area (Å²) >= 11 is 0. The molecule has 0 spiro atoms. The van der Waals surface area contributed by atoms with Gasteiger partial charge in [-0.25, -0.2) is 9.78 Å². The number of aryl methyl sites for hydroxylation is 2. The summed E-state index contributed by atoms with van der Waals surface area (Å²) in [4.78, 5) is 30.9. The summed E-state index contributed by atoms with van der Waals surface area (Å²) in [5.41, 5.74) is 2.38. The molecule has 38 heavy (non-hydrogen) atoms. The minimum absolute atomic E-state index is 0.0315. The molecule has 1 aliphatic rings. The quantitative estimate of drug-likeness (QED) is 0.320. The molecule has 3 N–H and O–H groups in total. The molecule has 2 atom stereocenters. The van der Waals surface area contributed by atoms with E-state index in [0.717, 1.165) is 18.5 Å². The van der Waals surface area contributed by atoms with Gasteiger partial charge < -0.3 is 29.8 Å². The molecule has 0 aliphatic carbocycles. The zero-order valence-electron chi connectivity index (χ0n) is 22.6. The van der Waals surface area contributed by atoms with Gasteiger partial charge in [0.2, 0.25) is 5.91 Å². The highest BCUT2D eigenvalue weighted by molar-refractivity contribution is 6.11. The van der Waals surface area contributed by atoms with Crippen LogP contribution in [0.15, 0.2) is 42.6 Å². The number of anilines is 2. The molecule has 4 rings (SSSR count). The molecule has 2 unspecified atom stereocenters. The molecule has 0 bridgehead atoms. The van der Waals surface area contributed by atoms with E-state index in [0.29, 0.717) is 49.3 Å². The van der Waals surface area contributed by atoms with Gasteiger partial charge >= 0.3 is 5.97 Å². The van der Waals surface area contributed by atoms with E-state index in [2.05, 4.69) is 22.8 Å². The van der Waals surface area contributed by atoms with Crippen molar-refractivity contribution in [2.24, 2.45) is 5.92 Å². The molecule has 1 saturated heterocycles. The van der Waals surface area contributed by atoms with Crippen LogP contribution >= 0.6 is 0 Å². The normalized spacial score (nSPS) is 16.4. The molecular weight excluding hydrogens is 484 g/mol. The first-order chi connectivity index (χ1) is 18.2. The minimum atomic E-state index is -0.827. The fourth-order valence-electron chi connectivity index (χ4n) is 5.09. The second kappa shape index (κ2) is 12.0. The van der Waals surface area contributed by atoms with Crippen LogP contribution in [0.3, 0.4) is 0 Å². The van der Waals surface area contributed by atoms with Crippen molar-refractivity contribution in [1.82, 2.24) is 9.55 Å². The Bertz CT molecular complexity index is 1260. The minimum Gasteiger partial charge on any atom is -0.464 e. The lowest BCUT2D eigenvalue weighted by Crippen LogP contribution is -2.29. The molecule has 1 aromatic carbocycles. The van der Waals surface area contributed by atoms with E-state index in [1.54, 1.807) is 20.0 Å². The third kappa shape index (κ3) is 6.71. The average Bonchev–Trinajstić information content (AvgIpc) is 3.51. The number of aliphatic hydroxyl groups is 1. The fraction of sp³-hybridized carbons (Fsp3) is 0.483. The van der Waals surface area contributed by atoms with E-state index in [4.69, 9.17) is 14.5 Å². The van der Waals surface area contributed by atoms with Gasteiger partial charge in [-0.2, -0.15) is 0 Å². The standard InChI is InChI=1S/C29H38N4O5/c1-19(16-29(2,3)36)31-22-15-23-24(32-27(34)21-12-14-38-18-21)25(28(35)37-4)33(26(23)30-17-22)13-8-11-20-9-6-5-7-10-20/h5-7,9-10,15,17,19,21,31,36H,8,11-14,16,18H2,1-4H3,(H,32,34). The number of carbonyl (C=O) groups is 2. The van der Waals surface area contributed by atoms with Crippen LogP contribution in [-0.4, -0.2) is 58.5 Å². The largest absolute Gasteiger partial charge is 0.464 e. The van der Waals surface area contributed by atoms with E-state index < -0.39 is 11.6 Å². The van der Waals surface area contributed by atoms with Crippen molar-refractivity contribution < 1.29 is 24.2 Å². The van der Waals surface area contributed by atoms with Gasteiger partial charge in [0.15, 0.2) is 5.69 Å². The smallest absolute Gasteiger partial charge is 0.356 e. The molecule has 9 heteroatoms. The summed E-state index contributed by atoms with van der Waals surface area (Å²) in [5.74, 6) is -1.01. The molecule has 1 amide bonds. The Morgan fingerprint density at radius 2 is 2.05 bits per heavy atom. The number of benzene rings is 1. The van der Waals surface area contributed by atoms with Crippen molar-refractivity contribution >= 4 is 34.3 Å². The molecule has 0 saturated carbocycles. The summed E-state index contributed by atoms with van der Waals surface area (Å²) in [5, 5.41) is 17.3. The zero-order chi connectivity index (χ0) is 27.3. The Labute approximate surface area is 223 Å². The lowest BCUT2D eigenvalue weighted by atomic mass is 10.0. The topological polar surface area (TPSA) is 115 Å². The second-order valence-electron chi connectivity index (χ2n) is 10.7. The summed E-state index contributed by atoms with van der Waals surface area (Å²) in [7, 11) is 1.34. The van der Waals surface area contributed by atoms with Gasteiger partial charge in [-0.15, -0.1) is 0 Å². The van der Waals surface area contributed by atoms with Crippen molar-refractivity contribution in [2.75, 3.05) is 31.0 Å². The number of ether oxygens (including phenoxy) is 2. The predicted octanol–water partition coefficient (Wildman–Crippen LogP) is 4.39. The highest BCUT2D eigenvalue weighted by atomic mass is 16.5. The summed E-state index contributed by atoms with van der Waals surface area (Å²) in [6, 6.07) is 12.0. The SMILES string of the molecule is COC(=O)c1c(NC(=O)C2CCOC2)c2cc(NC(C)CC(C)(C)O)cnc2n1CCCc1ccccc1. The van der Waals surface area contributed by atoms with Gasteiger partial charge in [0.25, 0.3) is 0 Å². The molecule has 0 radical (unpaired) electrons. The third-order valence-electron chi connectivity index (χ3n) is 6.73. The van der Waals surface area contributed by atoms with E-state index in [9.17, 15) is 14.7 Å². The Morgan fingerprint density at radius 3 is 2.71 bits per heavy atom. The van der Waals surface area contributed by atoms with Gasteiger partial charge in [0.05, 0.1) is 42.8 Å². The second-order valence-corrected chi connectivity index (χ2v) is 10.7. The van der Waals surface area contributed by atoms with Crippen LogP contribution in [0.2, 0.25) is 0 Å². The number of nitrogens with zero attached hydrogens (tertiary/aromatic N) is 2. The molecule has 3 aromatic rings. The monoisotopic (exact) mass is 522 g/mol. The number of rotatable bonds is 11. The number of fused-ring (bicyclic) bond motifs is 1. The number of pyridine rings is 1. The molecule has 9 nitrogen and oxygen atoms in total. The Morgan fingerprint density at radius 1 is 1.29 bits per heavy atom. The number of amides is 1. The van der Waals surface area contributed by atoms with Gasteiger partial charge in [-0.3, -0.25) is 4.79 Å². The van der Waals surface area contributed by atoms with Gasteiger partial charge in [0.1, 0.15) is 5.65 Å². The number of hydrogen-bond acceptors (Lipinski definition) is 7. The predicted molar refractivity (Wildman–Crippen MR) is 147 cm³/mol. The summed E-state index contributed by atoms with van der Waals surface area (Å²) in [6.45, 7) is 6.94. The summed E-state index contributed by atoms with van der Waals surface area (Å²) in [6.07, 6.45) is 4.48. The molecule has 204 valence electrons. The maximum atomic E-state index is 13.1. The van der Waals surface area contributed by atoms with Gasteiger partial charge in [0, 0.05) is 24.6 Å². The number of carbonyl (C=O) groups excluding carboxylic acids is 2. The molecule has 1 fully saturated rings. The Hall–Kier alpha value is -3.43. The first kappa shape index (κ1) is 27.6. The first-order valence-corrected chi connectivity index (χ1v) is 13.2. The van der Waals surface area contributed by atoms with Crippen molar-refractivity contribution in [3.05, 3.63) is 53.9 Å². The van der Waals surface area contributed by atoms with Crippen LogP contribution in [0.4, 0.5) is 11.4 Å². The van der Waals surface area contributed by atoms with Crippen molar-refractivity contribution in [3.63, 3.8) is 0 Å². The van der Waals surface area contributed by atoms with E-state index in [-0.39, 0.29) is 23.6 Å². The number of methoxy groups -OCH3 is 1. The van der Waals surface area contributed by atoms with Crippen LogP contribution in [0.25, 0.3) is 11.0 Å². The van der Waals surface area contributed by atoms with Crippen LogP contribution in [0.1, 0.15) is 56.1 Å². The maximum absolute atomic E-state index is 13.1. The highest BCUT2D eigenvalue weighted by Crippen LogP contribution is 2.34. The van der Waals surface area contributed by atoms with E-state index in [1.807, 2.05) is 35.8 Å². The lowest BCUT2D eigenvalue weighted by Gasteiger charge is -2.23. The van der Waals surface area contributed by atoms with Crippen molar-refractivity contribution in [2.45, 2.75) is 64.6 Å². The van der Waals surface area contributed by atoms with Crippen LogP contribution in [0.5, 0.6) is 0 Å². The Balaban J connectivity index is 1.72. The highest BCUT2D eigenvalue weighted by Gasteiger charge is 2.30. The van der Waals surface area contributed by atoms with Gasteiger partial charge in [-0.05, 0) is 58.1 Å².